The summed E-state index contributed by atoms with van der Waals surface area (Å²) >= 11 is 0. The van der Waals surface area contributed by atoms with Gasteiger partial charge in [-0.25, -0.2) is 4.98 Å². The smallest absolute Gasteiger partial charge is 0.244 e. The number of hydrogen-bond donors (Lipinski definition) is 1. The van der Waals surface area contributed by atoms with E-state index in [-0.39, 0.29) is 5.91 Å². The zero-order valence-electron chi connectivity index (χ0n) is 13.0. The highest BCUT2D eigenvalue weighted by atomic mass is 16.1. The number of pyridine rings is 1. The predicted octanol–water partition coefficient (Wildman–Crippen LogP) is 3.87. The molecule has 3 heteroatoms. The molecule has 1 heterocycles. The molecule has 1 N–H and O–H groups in total. The maximum atomic E-state index is 11.9. The van der Waals surface area contributed by atoms with Crippen LogP contribution in [0.2, 0.25) is 0 Å². The first-order valence-electron chi connectivity index (χ1n) is 7.58. The summed E-state index contributed by atoms with van der Waals surface area (Å²) in [6.45, 7) is 2.57. The fraction of sp³-hybridized carbons (Fsp3) is 0.100. The molecular weight excluding hydrogens is 284 g/mol. The Balaban J connectivity index is 1.61. The molecular formula is C20H18N2O. The van der Waals surface area contributed by atoms with Crippen LogP contribution in [0.4, 0.5) is 0 Å². The Kier molecular flexibility index (Phi) is 4.48. The standard InChI is InChI=1S/C20H18N2O/c1-15-6-8-16(9-7-15)14-21-20(23)13-12-18-11-10-17-4-2-3-5-19(17)22-18/h2-13H,14H2,1H3,(H,21,23)/b13-12+. The van der Waals surface area contributed by atoms with Crippen LogP contribution in [0.15, 0.2) is 66.7 Å². The van der Waals surface area contributed by atoms with Crippen LogP contribution in [-0.2, 0) is 11.3 Å². The number of carbonyl (C=O) groups is 1. The topological polar surface area (TPSA) is 42.0 Å². The molecule has 2 aromatic carbocycles. The predicted molar refractivity (Wildman–Crippen MR) is 93.8 cm³/mol. The van der Waals surface area contributed by atoms with Gasteiger partial charge in [0, 0.05) is 18.0 Å². The van der Waals surface area contributed by atoms with Gasteiger partial charge in [0.15, 0.2) is 0 Å². The number of nitrogens with zero attached hydrogens (tertiary/aromatic N) is 1. The van der Waals surface area contributed by atoms with Crippen molar-refractivity contribution in [3.63, 3.8) is 0 Å². The SMILES string of the molecule is Cc1ccc(CNC(=O)/C=C/c2ccc3ccccc3n2)cc1. The van der Waals surface area contributed by atoms with Crippen LogP contribution < -0.4 is 5.32 Å². The van der Waals surface area contributed by atoms with Gasteiger partial charge in [-0.05, 0) is 30.7 Å². The maximum absolute atomic E-state index is 11.9. The van der Waals surface area contributed by atoms with E-state index in [1.165, 1.54) is 11.6 Å². The van der Waals surface area contributed by atoms with Gasteiger partial charge in [-0.15, -0.1) is 0 Å². The number of fused-ring (bicyclic) bond motifs is 1. The minimum atomic E-state index is -0.125. The normalized spacial score (nSPS) is 11.0. The number of aromatic nitrogens is 1. The van der Waals surface area contributed by atoms with Gasteiger partial charge in [0.2, 0.25) is 5.91 Å². The van der Waals surface area contributed by atoms with Gasteiger partial charge in [0.1, 0.15) is 0 Å². The van der Waals surface area contributed by atoms with Gasteiger partial charge >= 0.3 is 0 Å². The number of nitrogens with one attached hydrogen (secondary N) is 1. The number of para-hydroxylation sites is 1. The number of amides is 1. The van der Waals surface area contributed by atoms with Gasteiger partial charge in [-0.2, -0.15) is 0 Å². The molecule has 0 saturated heterocycles. The average molecular weight is 302 g/mol. The average Bonchev–Trinajstić information content (AvgIpc) is 2.59. The molecule has 3 rings (SSSR count). The summed E-state index contributed by atoms with van der Waals surface area (Å²) in [5, 5.41) is 3.96. The molecule has 0 aliphatic carbocycles. The number of carbonyl (C=O) groups excluding carboxylic acids is 1. The molecule has 1 aromatic heterocycles. The van der Waals surface area contributed by atoms with Crippen molar-refractivity contribution in [2.24, 2.45) is 0 Å². The van der Waals surface area contributed by atoms with Gasteiger partial charge in [0.25, 0.3) is 0 Å². The molecule has 0 spiro atoms. The van der Waals surface area contributed by atoms with Crippen LogP contribution in [-0.4, -0.2) is 10.9 Å². The highest BCUT2D eigenvalue weighted by Crippen LogP contribution is 2.12. The molecule has 114 valence electrons. The van der Waals surface area contributed by atoms with E-state index in [9.17, 15) is 4.79 Å². The largest absolute Gasteiger partial charge is 0.348 e. The van der Waals surface area contributed by atoms with Crippen molar-refractivity contribution in [1.82, 2.24) is 10.3 Å². The lowest BCUT2D eigenvalue weighted by atomic mass is 10.1. The van der Waals surface area contributed by atoms with Crippen molar-refractivity contribution in [3.8, 4) is 0 Å². The highest BCUT2D eigenvalue weighted by molar-refractivity contribution is 5.91. The Morgan fingerprint density at radius 1 is 1.04 bits per heavy atom. The molecule has 0 bridgehead atoms. The summed E-state index contributed by atoms with van der Waals surface area (Å²) in [7, 11) is 0. The molecule has 1 amide bonds. The Hall–Kier alpha value is -2.94. The van der Waals surface area contributed by atoms with Crippen LogP contribution in [0.5, 0.6) is 0 Å². The third-order valence-corrected chi connectivity index (χ3v) is 3.61. The number of aryl methyl sites for hydroxylation is 1. The molecule has 23 heavy (non-hydrogen) atoms. The van der Waals surface area contributed by atoms with E-state index in [0.717, 1.165) is 22.2 Å². The molecule has 0 unspecified atom stereocenters. The van der Waals surface area contributed by atoms with E-state index < -0.39 is 0 Å². The van der Waals surface area contributed by atoms with Crippen molar-refractivity contribution < 1.29 is 4.79 Å². The fourth-order valence-electron chi connectivity index (χ4n) is 2.29. The van der Waals surface area contributed by atoms with Crippen LogP contribution in [0.1, 0.15) is 16.8 Å². The fourth-order valence-corrected chi connectivity index (χ4v) is 2.29. The summed E-state index contributed by atoms with van der Waals surface area (Å²) in [6, 6.07) is 19.9. The van der Waals surface area contributed by atoms with Gasteiger partial charge in [-0.1, -0.05) is 54.1 Å². The van der Waals surface area contributed by atoms with E-state index in [1.807, 2.05) is 67.6 Å². The second kappa shape index (κ2) is 6.88. The molecule has 0 aliphatic heterocycles. The Labute approximate surface area is 135 Å². The van der Waals surface area contributed by atoms with Crippen molar-refractivity contribution in [2.45, 2.75) is 13.5 Å². The van der Waals surface area contributed by atoms with E-state index >= 15 is 0 Å². The molecule has 3 nitrogen and oxygen atoms in total. The lowest BCUT2D eigenvalue weighted by Crippen LogP contribution is -2.20. The quantitative estimate of drug-likeness (QED) is 0.743. The van der Waals surface area contributed by atoms with Crippen molar-refractivity contribution >= 4 is 22.9 Å². The van der Waals surface area contributed by atoms with E-state index in [1.54, 1.807) is 6.08 Å². The van der Waals surface area contributed by atoms with Gasteiger partial charge in [-0.3, -0.25) is 4.79 Å². The Morgan fingerprint density at radius 3 is 2.65 bits per heavy atom. The van der Waals surface area contributed by atoms with Crippen LogP contribution in [0, 0.1) is 6.92 Å². The first kappa shape index (κ1) is 15.0. The Bertz CT molecular complexity index is 851. The first-order valence-corrected chi connectivity index (χ1v) is 7.58. The second-order valence-electron chi connectivity index (χ2n) is 5.47. The van der Waals surface area contributed by atoms with Crippen LogP contribution >= 0.6 is 0 Å². The zero-order valence-corrected chi connectivity index (χ0v) is 13.0. The molecule has 0 saturated carbocycles. The molecule has 0 aliphatic rings. The van der Waals surface area contributed by atoms with Crippen molar-refractivity contribution in [2.75, 3.05) is 0 Å². The minimum absolute atomic E-state index is 0.125. The number of rotatable bonds is 4. The van der Waals surface area contributed by atoms with Crippen LogP contribution in [0.3, 0.4) is 0 Å². The van der Waals surface area contributed by atoms with E-state index in [2.05, 4.69) is 10.3 Å². The number of benzene rings is 2. The third kappa shape index (κ3) is 4.04. The third-order valence-electron chi connectivity index (χ3n) is 3.61. The van der Waals surface area contributed by atoms with E-state index in [4.69, 9.17) is 0 Å². The highest BCUT2D eigenvalue weighted by Gasteiger charge is 1.98. The van der Waals surface area contributed by atoms with E-state index in [0.29, 0.717) is 6.54 Å². The molecule has 0 radical (unpaired) electrons. The number of hydrogen-bond acceptors (Lipinski definition) is 2. The van der Waals surface area contributed by atoms with Crippen molar-refractivity contribution in [1.29, 1.82) is 0 Å². The summed E-state index contributed by atoms with van der Waals surface area (Å²) in [6.07, 6.45) is 3.25. The summed E-state index contributed by atoms with van der Waals surface area (Å²) in [4.78, 5) is 16.4. The summed E-state index contributed by atoms with van der Waals surface area (Å²) < 4.78 is 0. The monoisotopic (exact) mass is 302 g/mol. The van der Waals surface area contributed by atoms with Crippen molar-refractivity contribution in [3.05, 3.63) is 83.6 Å². The summed E-state index contributed by atoms with van der Waals surface area (Å²) in [5.74, 6) is -0.125. The lowest BCUT2D eigenvalue weighted by molar-refractivity contribution is -0.116. The van der Waals surface area contributed by atoms with Gasteiger partial charge in [0.05, 0.1) is 11.2 Å². The summed E-state index contributed by atoms with van der Waals surface area (Å²) in [5.41, 5.74) is 3.99. The second-order valence-corrected chi connectivity index (χ2v) is 5.47. The molecule has 0 fully saturated rings. The maximum Gasteiger partial charge on any atom is 0.244 e. The van der Waals surface area contributed by atoms with Crippen LogP contribution in [0.25, 0.3) is 17.0 Å². The zero-order chi connectivity index (χ0) is 16.1. The Morgan fingerprint density at radius 2 is 1.83 bits per heavy atom. The minimum Gasteiger partial charge on any atom is -0.348 e. The lowest BCUT2D eigenvalue weighted by Gasteiger charge is -2.03. The van der Waals surface area contributed by atoms with Gasteiger partial charge < -0.3 is 5.32 Å². The molecule has 0 atom stereocenters. The first-order chi connectivity index (χ1) is 11.2. The molecule has 3 aromatic rings.